The van der Waals surface area contributed by atoms with Crippen LogP contribution in [0.4, 0.5) is 0 Å². The zero-order valence-electron chi connectivity index (χ0n) is 11.1. The summed E-state index contributed by atoms with van der Waals surface area (Å²) in [5.41, 5.74) is 2.54. The molecule has 1 atom stereocenters. The van der Waals surface area contributed by atoms with Gasteiger partial charge in [-0.2, -0.15) is 0 Å². The van der Waals surface area contributed by atoms with Gasteiger partial charge in [-0.25, -0.2) is 0 Å². The molecule has 19 heavy (non-hydrogen) atoms. The van der Waals surface area contributed by atoms with Crippen molar-refractivity contribution < 1.29 is 4.79 Å². The monoisotopic (exact) mass is 270 g/mol. The minimum atomic E-state index is 0.245. The first kappa shape index (κ1) is 13.9. The summed E-state index contributed by atoms with van der Waals surface area (Å²) in [6.45, 7) is 1.67. The number of benzene rings is 2. The largest absolute Gasteiger partial charge is 0.300 e. The first-order chi connectivity index (χ1) is 9.25. The van der Waals surface area contributed by atoms with Crippen LogP contribution < -0.4 is 0 Å². The second-order valence-corrected chi connectivity index (χ2v) is 5.79. The average Bonchev–Trinajstić information content (AvgIpc) is 2.45. The van der Waals surface area contributed by atoms with Crippen molar-refractivity contribution in [1.29, 1.82) is 0 Å². The predicted octanol–water partition coefficient (Wildman–Crippen LogP) is 4.64. The molecule has 0 aliphatic rings. The highest BCUT2D eigenvalue weighted by atomic mass is 32.2. The summed E-state index contributed by atoms with van der Waals surface area (Å²) >= 11 is 1.84. The molecule has 0 aliphatic heterocycles. The molecule has 0 radical (unpaired) electrons. The van der Waals surface area contributed by atoms with Crippen LogP contribution in [0.5, 0.6) is 0 Å². The smallest absolute Gasteiger partial charge is 0.131 e. The quantitative estimate of drug-likeness (QED) is 0.760. The zero-order chi connectivity index (χ0) is 13.5. The topological polar surface area (TPSA) is 17.1 Å². The lowest BCUT2D eigenvalue weighted by Crippen LogP contribution is -2.01. The van der Waals surface area contributed by atoms with E-state index in [4.69, 9.17) is 0 Å². The van der Waals surface area contributed by atoms with Gasteiger partial charge in [0.15, 0.2) is 0 Å². The first-order valence-electron chi connectivity index (χ1n) is 6.45. The van der Waals surface area contributed by atoms with Gasteiger partial charge in [0.1, 0.15) is 5.78 Å². The third kappa shape index (κ3) is 4.56. The number of thioether (sulfide) groups is 1. The molecule has 0 heterocycles. The van der Waals surface area contributed by atoms with Crippen molar-refractivity contribution in [1.82, 2.24) is 0 Å². The van der Waals surface area contributed by atoms with E-state index in [1.54, 1.807) is 6.92 Å². The summed E-state index contributed by atoms with van der Waals surface area (Å²) in [4.78, 5) is 11.4. The third-order valence-electron chi connectivity index (χ3n) is 2.94. The maximum absolute atomic E-state index is 11.4. The van der Waals surface area contributed by atoms with E-state index < -0.39 is 0 Å². The normalized spacial score (nSPS) is 12.1. The van der Waals surface area contributed by atoms with Crippen LogP contribution in [0.25, 0.3) is 0 Å². The molecule has 0 spiro atoms. The fourth-order valence-electron chi connectivity index (χ4n) is 1.97. The van der Waals surface area contributed by atoms with Crippen LogP contribution in [0.2, 0.25) is 0 Å². The molecule has 2 aromatic carbocycles. The molecule has 0 unspecified atom stereocenters. The molecule has 0 aromatic heterocycles. The number of rotatable bonds is 6. The van der Waals surface area contributed by atoms with Crippen LogP contribution in [0.15, 0.2) is 60.7 Å². The van der Waals surface area contributed by atoms with E-state index in [0.717, 1.165) is 5.75 Å². The predicted molar refractivity (Wildman–Crippen MR) is 82.2 cm³/mol. The van der Waals surface area contributed by atoms with E-state index in [9.17, 15) is 4.79 Å². The van der Waals surface area contributed by atoms with Crippen molar-refractivity contribution in [2.45, 2.75) is 24.3 Å². The minimum Gasteiger partial charge on any atom is -0.300 e. The molecule has 0 amide bonds. The van der Waals surface area contributed by atoms with Crippen LogP contribution >= 0.6 is 11.8 Å². The molecule has 0 N–H and O–H groups in total. The highest BCUT2D eigenvalue weighted by Crippen LogP contribution is 2.34. The van der Waals surface area contributed by atoms with Crippen molar-refractivity contribution in [3.8, 4) is 0 Å². The Morgan fingerprint density at radius 1 is 1.00 bits per heavy atom. The van der Waals surface area contributed by atoms with Gasteiger partial charge < -0.3 is 0 Å². The molecule has 2 heteroatoms. The molecule has 98 valence electrons. The van der Waals surface area contributed by atoms with E-state index in [1.807, 2.05) is 36.0 Å². The van der Waals surface area contributed by atoms with Gasteiger partial charge in [0.05, 0.1) is 0 Å². The summed E-state index contributed by atoms with van der Waals surface area (Å²) in [6.07, 6.45) is 0.599. The van der Waals surface area contributed by atoms with Crippen LogP contribution in [0, 0.1) is 0 Å². The van der Waals surface area contributed by atoms with E-state index in [2.05, 4.69) is 36.4 Å². The van der Waals surface area contributed by atoms with Gasteiger partial charge in [0, 0.05) is 17.4 Å². The summed E-state index contributed by atoms with van der Waals surface area (Å²) in [5.74, 6) is 1.18. The van der Waals surface area contributed by atoms with Crippen molar-refractivity contribution in [2.24, 2.45) is 0 Å². The Bertz CT molecular complexity index is 507. The van der Waals surface area contributed by atoms with Crippen molar-refractivity contribution in [3.63, 3.8) is 0 Å². The van der Waals surface area contributed by atoms with Crippen molar-refractivity contribution in [3.05, 3.63) is 71.8 Å². The van der Waals surface area contributed by atoms with Crippen LogP contribution in [0.3, 0.4) is 0 Å². The van der Waals surface area contributed by atoms with Crippen molar-refractivity contribution in [2.75, 3.05) is 0 Å². The van der Waals surface area contributed by atoms with Gasteiger partial charge >= 0.3 is 0 Å². The van der Waals surface area contributed by atoms with Crippen LogP contribution in [-0.2, 0) is 10.5 Å². The minimum absolute atomic E-state index is 0.245. The Morgan fingerprint density at radius 3 is 2.16 bits per heavy atom. The second kappa shape index (κ2) is 7.15. The molecule has 1 nitrogen and oxygen atoms in total. The molecule has 0 fully saturated rings. The number of ketones is 1. The number of carbonyl (C=O) groups excluding carboxylic acids is 1. The molecular formula is C17H18OS. The van der Waals surface area contributed by atoms with E-state index >= 15 is 0 Å². The third-order valence-corrected chi connectivity index (χ3v) is 4.28. The first-order valence-corrected chi connectivity index (χ1v) is 7.50. The fourth-order valence-corrected chi connectivity index (χ4v) is 3.26. The van der Waals surface area contributed by atoms with Crippen LogP contribution in [-0.4, -0.2) is 5.78 Å². The van der Waals surface area contributed by atoms with Gasteiger partial charge in [0.2, 0.25) is 0 Å². The van der Waals surface area contributed by atoms with Gasteiger partial charge in [-0.15, -0.1) is 11.8 Å². The molecule has 0 aliphatic carbocycles. The summed E-state index contributed by atoms with van der Waals surface area (Å²) in [5, 5.41) is 0.249. The van der Waals surface area contributed by atoms with Gasteiger partial charge in [-0.05, 0) is 18.1 Å². The van der Waals surface area contributed by atoms with E-state index in [1.165, 1.54) is 11.1 Å². The molecule has 2 aromatic rings. The number of hydrogen-bond acceptors (Lipinski definition) is 2. The van der Waals surface area contributed by atoms with Crippen LogP contribution in [0.1, 0.15) is 29.7 Å². The van der Waals surface area contributed by atoms with E-state index in [-0.39, 0.29) is 11.0 Å². The standard InChI is InChI=1S/C17H18OS/c1-14(18)12-17(16-10-6-3-7-11-16)19-13-15-8-4-2-5-9-15/h2-11,17H,12-13H2,1H3/t17-/m0/s1. The molecule has 0 saturated carbocycles. The molecule has 0 saturated heterocycles. The van der Waals surface area contributed by atoms with Gasteiger partial charge in [0.25, 0.3) is 0 Å². The number of hydrogen-bond donors (Lipinski definition) is 0. The Balaban J connectivity index is 2.04. The Morgan fingerprint density at radius 2 is 1.58 bits per heavy atom. The van der Waals surface area contributed by atoms with Gasteiger partial charge in [-0.3, -0.25) is 4.79 Å². The molecule has 0 bridgehead atoms. The number of carbonyl (C=O) groups is 1. The highest BCUT2D eigenvalue weighted by molar-refractivity contribution is 7.98. The SMILES string of the molecule is CC(=O)C[C@H](SCc1ccccc1)c1ccccc1. The summed E-state index contributed by atoms with van der Waals surface area (Å²) < 4.78 is 0. The number of Topliss-reactive ketones (excluding diaryl/α,β-unsaturated/α-hetero) is 1. The maximum Gasteiger partial charge on any atom is 0.131 e. The Hall–Kier alpha value is -1.54. The summed E-state index contributed by atoms with van der Waals surface area (Å²) in [7, 11) is 0. The Labute approximate surface area is 119 Å². The Kier molecular flexibility index (Phi) is 5.22. The second-order valence-electron chi connectivity index (χ2n) is 4.60. The lowest BCUT2D eigenvalue weighted by molar-refractivity contribution is -0.117. The summed E-state index contributed by atoms with van der Waals surface area (Å²) in [6, 6.07) is 20.7. The zero-order valence-corrected chi connectivity index (χ0v) is 11.9. The van der Waals surface area contributed by atoms with Gasteiger partial charge in [-0.1, -0.05) is 60.7 Å². The maximum atomic E-state index is 11.4. The van der Waals surface area contributed by atoms with E-state index in [0.29, 0.717) is 6.42 Å². The highest BCUT2D eigenvalue weighted by Gasteiger charge is 2.14. The lowest BCUT2D eigenvalue weighted by Gasteiger charge is -2.15. The fraction of sp³-hybridized carbons (Fsp3) is 0.235. The lowest BCUT2D eigenvalue weighted by atomic mass is 10.1. The molecular weight excluding hydrogens is 252 g/mol. The van der Waals surface area contributed by atoms with Crippen molar-refractivity contribution >= 4 is 17.5 Å². The average molecular weight is 270 g/mol. The molecule has 2 rings (SSSR count).